The zero-order valence-electron chi connectivity index (χ0n) is 8.22. The van der Waals surface area contributed by atoms with Gasteiger partial charge in [0.15, 0.2) is 0 Å². The predicted octanol–water partition coefficient (Wildman–Crippen LogP) is 2.63. The van der Waals surface area contributed by atoms with Crippen molar-refractivity contribution in [3.05, 3.63) is 44.8 Å². The minimum atomic E-state index is 0.0621. The maximum atomic E-state index is 9.27. The lowest BCUT2D eigenvalue weighted by Gasteiger charge is -2.13. The number of rotatable bonds is 5. The maximum Gasteiger partial charge on any atom is 0.0652 e. The van der Waals surface area contributed by atoms with Crippen LogP contribution in [0.1, 0.15) is 15.8 Å². The van der Waals surface area contributed by atoms with Gasteiger partial charge < -0.3 is 10.4 Å². The Morgan fingerprint density at radius 1 is 1.20 bits per heavy atom. The quantitative estimate of drug-likeness (QED) is 0.840. The van der Waals surface area contributed by atoms with Gasteiger partial charge in [0, 0.05) is 16.3 Å². The van der Waals surface area contributed by atoms with Gasteiger partial charge in [0.25, 0.3) is 0 Å². The molecule has 0 bridgehead atoms. The molecule has 0 aliphatic rings. The van der Waals surface area contributed by atoms with Crippen molar-refractivity contribution in [2.75, 3.05) is 6.61 Å². The number of hydrogen-bond acceptors (Lipinski definition) is 4. The second-order valence-corrected chi connectivity index (χ2v) is 5.22. The third kappa shape index (κ3) is 2.89. The molecule has 2 nitrogen and oxygen atoms in total. The molecule has 0 aromatic carbocycles. The van der Waals surface area contributed by atoms with E-state index in [2.05, 4.69) is 16.8 Å². The van der Waals surface area contributed by atoms with Crippen molar-refractivity contribution in [2.45, 2.75) is 12.6 Å². The molecule has 0 aliphatic carbocycles. The Labute approximate surface area is 97.2 Å². The first kappa shape index (κ1) is 10.8. The van der Waals surface area contributed by atoms with Crippen LogP contribution in [0.5, 0.6) is 0 Å². The van der Waals surface area contributed by atoms with E-state index in [1.165, 1.54) is 9.75 Å². The molecule has 0 aliphatic heterocycles. The highest BCUT2D eigenvalue weighted by molar-refractivity contribution is 7.10. The van der Waals surface area contributed by atoms with Crippen molar-refractivity contribution in [1.82, 2.24) is 5.32 Å². The molecule has 0 saturated heterocycles. The average Bonchev–Trinajstić information content (AvgIpc) is 2.90. The summed E-state index contributed by atoms with van der Waals surface area (Å²) in [4.78, 5) is 2.49. The van der Waals surface area contributed by atoms with Crippen molar-refractivity contribution < 1.29 is 5.11 Å². The molecule has 2 aromatic heterocycles. The summed E-state index contributed by atoms with van der Waals surface area (Å²) in [6.45, 7) is 0.965. The Kier molecular flexibility index (Phi) is 3.91. The van der Waals surface area contributed by atoms with Crippen LogP contribution >= 0.6 is 22.7 Å². The number of aliphatic hydroxyl groups excluding tert-OH is 1. The van der Waals surface area contributed by atoms with Gasteiger partial charge in [-0.1, -0.05) is 12.1 Å². The normalized spacial score (nSPS) is 12.9. The lowest BCUT2D eigenvalue weighted by Crippen LogP contribution is -2.22. The van der Waals surface area contributed by atoms with E-state index in [-0.39, 0.29) is 12.6 Å². The Morgan fingerprint density at radius 3 is 2.60 bits per heavy atom. The third-order valence-electron chi connectivity index (χ3n) is 2.17. The molecule has 1 unspecified atom stereocenters. The summed E-state index contributed by atoms with van der Waals surface area (Å²) in [5.41, 5.74) is 0. The molecule has 4 heteroatoms. The summed E-state index contributed by atoms with van der Waals surface area (Å²) in [7, 11) is 0. The van der Waals surface area contributed by atoms with E-state index in [0.29, 0.717) is 0 Å². The summed E-state index contributed by atoms with van der Waals surface area (Å²) in [6, 6.07) is 8.26. The molecule has 0 saturated carbocycles. The van der Waals surface area contributed by atoms with Crippen LogP contribution in [0.4, 0.5) is 0 Å². The molecular weight excluding hydrogens is 226 g/mol. The van der Waals surface area contributed by atoms with Crippen molar-refractivity contribution in [3.8, 4) is 0 Å². The topological polar surface area (TPSA) is 32.3 Å². The minimum absolute atomic E-state index is 0.0621. The zero-order valence-corrected chi connectivity index (χ0v) is 9.85. The first-order valence-electron chi connectivity index (χ1n) is 4.80. The van der Waals surface area contributed by atoms with Gasteiger partial charge >= 0.3 is 0 Å². The second-order valence-electron chi connectivity index (χ2n) is 3.21. The van der Waals surface area contributed by atoms with E-state index < -0.39 is 0 Å². The van der Waals surface area contributed by atoms with Crippen LogP contribution < -0.4 is 5.32 Å². The summed E-state index contributed by atoms with van der Waals surface area (Å²) in [6.07, 6.45) is 0. The number of hydrogen-bond donors (Lipinski definition) is 2. The molecule has 0 spiro atoms. The van der Waals surface area contributed by atoms with Crippen LogP contribution in [0.15, 0.2) is 35.0 Å². The highest BCUT2D eigenvalue weighted by Gasteiger charge is 2.10. The maximum absolute atomic E-state index is 9.27. The van der Waals surface area contributed by atoms with Crippen molar-refractivity contribution >= 4 is 22.7 Å². The summed E-state index contributed by atoms with van der Waals surface area (Å²) in [5, 5.41) is 16.7. The van der Waals surface area contributed by atoms with Gasteiger partial charge in [-0.3, -0.25) is 0 Å². The summed E-state index contributed by atoms with van der Waals surface area (Å²) in [5.74, 6) is 0. The van der Waals surface area contributed by atoms with Gasteiger partial charge in [-0.05, 0) is 22.9 Å². The van der Waals surface area contributed by atoms with Crippen LogP contribution in [0.2, 0.25) is 0 Å². The van der Waals surface area contributed by atoms with Gasteiger partial charge in [-0.2, -0.15) is 0 Å². The van der Waals surface area contributed by atoms with Crippen LogP contribution in [-0.2, 0) is 6.54 Å². The molecule has 1 atom stereocenters. The molecule has 2 aromatic rings. The van der Waals surface area contributed by atoms with Crippen LogP contribution in [0.25, 0.3) is 0 Å². The molecule has 80 valence electrons. The van der Waals surface area contributed by atoms with Gasteiger partial charge in [0.05, 0.1) is 12.6 Å². The van der Waals surface area contributed by atoms with Crippen molar-refractivity contribution in [3.63, 3.8) is 0 Å². The van der Waals surface area contributed by atoms with Crippen molar-refractivity contribution in [1.29, 1.82) is 0 Å². The van der Waals surface area contributed by atoms with E-state index in [0.717, 1.165) is 6.54 Å². The third-order valence-corrected chi connectivity index (χ3v) is 4.03. The fourth-order valence-corrected chi connectivity index (χ4v) is 2.83. The Bertz CT molecular complexity index is 369. The summed E-state index contributed by atoms with van der Waals surface area (Å²) >= 11 is 3.41. The van der Waals surface area contributed by atoms with Crippen LogP contribution in [0.3, 0.4) is 0 Å². The second kappa shape index (κ2) is 5.42. The number of thiophene rings is 2. The zero-order chi connectivity index (χ0) is 10.5. The van der Waals surface area contributed by atoms with Gasteiger partial charge in [-0.25, -0.2) is 0 Å². The van der Waals surface area contributed by atoms with Gasteiger partial charge in [0.1, 0.15) is 0 Å². The van der Waals surface area contributed by atoms with Gasteiger partial charge in [-0.15, -0.1) is 22.7 Å². The van der Waals surface area contributed by atoms with E-state index in [4.69, 9.17) is 0 Å². The first-order valence-corrected chi connectivity index (χ1v) is 6.56. The predicted molar refractivity (Wildman–Crippen MR) is 65.3 cm³/mol. The van der Waals surface area contributed by atoms with E-state index in [1.54, 1.807) is 22.7 Å². The van der Waals surface area contributed by atoms with E-state index in [9.17, 15) is 5.11 Å². The Morgan fingerprint density at radius 2 is 2.00 bits per heavy atom. The molecule has 0 amide bonds. The standard InChI is InChI=1S/C11H13NOS2/c13-8-10(11-4-2-6-15-11)12-7-9-3-1-5-14-9/h1-6,10,12-13H,7-8H2. The fourth-order valence-electron chi connectivity index (χ4n) is 1.38. The molecular formula is C11H13NOS2. The number of aliphatic hydroxyl groups is 1. The van der Waals surface area contributed by atoms with E-state index >= 15 is 0 Å². The highest BCUT2D eigenvalue weighted by atomic mass is 32.1. The average molecular weight is 239 g/mol. The highest BCUT2D eigenvalue weighted by Crippen LogP contribution is 2.19. The largest absolute Gasteiger partial charge is 0.394 e. The first-order chi connectivity index (χ1) is 7.40. The minimum Gasteiger partial charge on any atom is -0.394 e. The molecule has 15 heavy (non-hydrogen) atoms. The molecule has 2 heterocycles. The smallest absolute Gasteiger partial charge is 0.0652 e. The molecule has 2 N–H and O–H groups in total. The Hall–Kier alpha value is -0.680. The monoisotopic (exact) mass is 239 g/mol. The number of nitrogens with one attached hydrogen (secondary N) is 1. The molecule has 2 rings (SSSR count). The van der Waals surface area contributed by atoms with Crippen molar-refractivity contribution in [2.24, 2.45) is 0 Å². The lowest BCUT2D eigenvalue weighted by molar-refractivity contribution is 0.246. The Balaban J connectivity index is 1.92. The van der Waals surface area contributed by atoms with Crippen LogP contribution in [-0.4, -0.2) is 11.7 Å². The molecule has 0 fully saturated rings. The summed E-state index contributed by atoms with van der Waals surface area (Å²) < 4.78 is 0. The van der Waals surface area contributed by atoms with Gasteiger partial charge in [0.2, 0.25) is 0 Å². The fraction of sp³-hybridized carbons (Fsp3) is 0.273. The van der Waals surface area contributed by atoms with E-state index in [1.807, 2.05) is 23.6 Å². The molecule has 0 radical (unpaired) electrons. The van der Waals surface area contributed by atoms with Crippen LogP contribution in [0, 0.1) is 0 Å². The lowest BCUT2D eigenvalue weighted by atomic mass is 10.2. The SMILES string of the molecule is OCC(NCc1cccs1)c1cccs1.